The van der Waals surface area contributed by atoms with Crippen LogP contribution in [0.2, 0.25) is 0 Å². The van der Waals surface area contributed by atoms with Crippen molar-refractivity contribution in [1.29, 1.82) is 0 Å². The van der Waals surface area contributed by atoms with Crippen LogP contribution in [0.25, 0.3) is 0 Å². The van der Waals surface area contributed by atoms with Crippen LogP contribution in [0, 0.1) is 17.6 Å². The summed E-state index contributed by atoms with van der Waals surface area (Å²) in [6, 6.07) is -0.422. The molecule has 0 aliphatic carbocycles. The second-order valence-electron chi connectivity index (χ2n) is 5.04. The van der Waals surface area contributed by atoms with Crippen LogP contribution in [0.4, 0.5) is 22.8 Å². The minimum Gasteiger partial charge on any atom is -0.475 e. The van der Waals surface area contributed by atoms with Crippen LogP contribution >= 0.6 is 0 Å². The lowest BCUT2D eigenvalue weighted by atomic mass is 10.1. The lowest BCUT2D eigenvalue weighted by Crippen LogP contribution is -2.56. The zero-order valence-corrected chi connectivity index (χ0v) is 12.3. The van der Waals surface area contributed by atoms with E-state index in [9.17, 15) is 22.8 Å². The zero-order valence-electron chi connectivity index (χ0n) is 12.3. The van der Waals surface area contributed by atoms with Gasteiger partial charge in [0.05, 0.1) is 12.6 Å². The Morgan fingerprint density at radius 3 is 2.54 bits per heavy atom. The van der Waals surface area contributed by atoms with Crippen LogP contribution in [0.1, 0.15) is 6.42 Å². The zero-order chi connectivity index (χ0) is 17.9. The highest BCUT2D eigenvalue weighted by Gasteiger charge is 2.32. The predicted molar refractivity (Wildman–Crippen MR) is 72.3 cm³/mol. The molecule has 0 bridgehead atoms. The average molecular weight is 349 g/mol. The first-order valence-electron chi connectivity index (χ1n) is 6.91. The van der Waals surface area contributed by atoms with Gasteiger partial charge in [0.25, 0.3) is 11.8 Å². The first kappa shape index (κ1) is 17.6. The molecule has 0 saturated carbocycles. The molecule has 2 heterocycles. The van der Waals surface area contributed by atoms with Crippen molar-refractivity contribution in [3.63, 3.8) is 0 Å². The molecule has 1 atom stereocenters. The first-order chi connectivity index (χ1) is 11.3. The Balaban J connectivity index is 1.99. The van der Waals surface area contributed by atoms with Crippen molar-refractivity contribution in [1.82, 2.24) is 14.8 Å². The first-order valence-corrected chi connectivity index (χ1v) is 6.91. The molecule has 1 fully saturated rings. The van der Waals surface area contributed by atoms with Gasteiger partial charge >= 0.3 is 12.2 Å². The van der Waals surface area contributed by atoms with Gasteiger partial charge in [0, 0.05) is 32.1 Å². The fraction of sp³-hybridized carbons (Fsp3) is 0.462. The standard InChI is InChI=1S/C13H14F3N3O5/c14-8-5-9(15)11(17-10(8)16)24-4-1-7-6-18(12(20)21)2-3-19(7)13(22)23/h5,7H,1-4,6H2,(H,20,21)(H,22,23)/t7-/m1/s1. The smallest absolute Gasteiger partial charge is 0.407 e. The molecule has 11 heteroatoms. The average Bonchev–Trinajstić information content (AvgIpc) is 2.51. The summed E-state index contributed by atoms with van der Waals surface area (Å²) in [6.45, 7) is -0.294. The molecule has 0 radical (unpaired) electrons. The van der Waals surface area contributed by atoms with E-state index in [0.29, 0.717) is 0 Å². The van der Waals surface area contributed by atoms with Crippen molar-refractivity contribution >= 4 is 12.2 Å². The number of piperazine rings is 1. The van der Waals surface area contributed by atoms with Gasteiger partial charge in [0.1, 0.15) is 0 Å². The largest absolute Gasteiger partial charge is 0.475 e. The molecular weight excluding hydrogens is 335 g/mol. The number of hydrogen-bond acceptors (Lipinski definition) is 4. The monoisotopic (exact) mass is 349 g/mol. The minimum atomic E-state index is -1.52. The Hall–Kier alpha value is -2.72. The summed E-state index contributed by atoms with van der Waals surface area (Å²) in [5.41, 5.74) is 0. The number of carboxylic acid groups (broad SMARTS) is 2. The maximum absolute atomic E-state index is 13.4. The quantitative estimate of drug-likeness (QED) is 0.801. The lowest BCUT2D eigenvalue weighted by Gasteiger charge is -2.38. The van der Waals surface area contributed by atoms with Crippen molar-refractivity contribution in [2.45, 2.75) is 12.5 Å². The van der Waals surface area contributed by atoms with Gasteiger partial charge in [-0.25, -0.2) is 18.4 Å². The molecule has 0 spiro atoms. The number of pyridine rings is 1. The van der Waals surface area contributed by atoms with Crippen LogP contribution in [0.5, 0.6) is 5.88 Å². The SMILES string of the molecule is O=C(O)N1CCN(C(=O)O)[C@H](CCOc2nc(F)c(F)cc2F)C1. The van der Waals surface area contributed by atoms with Gasteiger partial charge in [0.2, 0.25) is 0 Å². The molecule has 2 rings (SSSR count). The van der Waals surface area contributed by atoms with Crippen LogP contribution in [-0.4, -0.2) is 69.5 Å². The number of rotatable bonds is 4. The number of halogens is 3. The highest BCUT2D eigenvalue weighted by molar-refractivity contribution is 5.68. The molecular formula is C13H14F3N3O5. The van der Waals surface area contributed by atoms with Gasteiger partial charge in [-0.2, -0.15) is 9.37 Å². The van der Waals surface area contributed by atoms with Gasteiger partial charge < -0.3 is 24.7 Å². The summed E-state index contributed by atoms with van der Waals surface area (Å²) in [7, 11) is 0. The van der Waals surface area contributed by atoms with Gasteiger partial charge in [0.15, 0.2) is 11.6 Å². The van der Waals surface area contributed by atoms with Crippen LogP contribution in [-0.2, 0) is 0 Å². The molecule has 1 saturated heterocycles. The summed E-state index contributed by atoms with van der Waals surface area (Å²) in [4.78, 5) is 27.2. The summed E-state index contributed by atoms with van der Waals surface area (Å²) < 4.78 is 44.0. The number of hydrogen-bond donors (Lipinski definition) is 2. The Bertz CT molecular complexity index is 646. The van der Waals surface area contributed by atoms with E-state index < -0.39 is 41.7 Å². The fourth-order valence-corrected chi connectivity index (χ4v) is 2.35. The third-order valence-corrected chi connectivity index (χ3v) is 3.54. The molecule has 1 aliphatic rings. The highest BCUT2D eigenvalue weighted by Crippen LogP contribution is 2.18. The molecule has 1 aliphatic heterocycles. The molecule has 8 nitrogen and oxygen atoms in total. The van der Waals surface area contributed by atoms with E-state index in [1.807, 2.05) is 0 Å². The third-order valence-electron chi connectivity index (χ3n) is 3.54. The lowest BCUT2D eigenvalue weighted by molar-refractivity contribution is 0.0557. The molecule has 1 aromatic heterocycles. The summed E-state index contributed by atoms with van der Waals surface area (Å²) in [5, 5.41) is 18.1. The Kier molecular flexibility index (Phi) is 5.31. The van der Waals surface area contributed by atoms with E-state index in [0.717, 1.165) is 9.80 Å². The van der Waals surface area contributed by atoms with Crippen molar-refractivity contribution < 1.29 is 37.7 Å². The van der Waals surface area contributed by atoms with E-state index in [4.69, 9.17) is 14.9 Å². The van der Waals surface area contributed by atoms with Crippen LogP contribution in [0.3, 0.4) is 0 Å². The Morgan fingerprint density at radius 1 is 1.21 bits per heavy atom. The second-order valence-corrected chi connectivity index (χ2v) is 5.04. The van der Waals surface area contributed by atoms with E-state index in [1.54, 1.807) is 0 Å². The fourth-order valence-electron chi connectivity index (χ4n) is 2.35. The van der Waals surface area contributed by atoms with E-state index in [2.05, 4.69) is 4.98 Å². The van der Waals surface area contributed by atoms with Gasteiger partial charge in [-0.1, -0.05) is 0 Å². The Labute approximate surface area is 134 Å². The minimum absolute atomic E-state index is 0.00983. The van der Waals surface area contributed by atoms with Gasteiger partial charge in [-0.05, 0) is 0 Å². The molecule has 1 aromatic rings. The number of amides is 2. The van der Waals surface area contributed by atoms with E-state index in [1.165, 1.54) is 0 Å². The summed E-state index contributed by atoms with van der Waals surface area (Å²) in [6.07, 6.45) is -2.38. The molecule has 0 unspecified atom stereocenters. The van der Waals surface area contributed by atoms with Gasteiger partial charge in [-0.15, -0.1) is 0 Å². The third kappa shape index (κ3) is 3.97. The second kappa shape index (κ2) is 7.23. The topological polar surface area (TPSA) is 103 Å². The van der Waals surface area contributed by atoms with Crippen molar-refractivity contribution in [3.05, 3.63) is 23.6 Å². The van der Waals surface area contributed by atoms with Crippen LogP contribution < -0.4 is 4.74 Å². The molecule has 2 N–H and O–H groups in total. The summed E-state index contributed by atoms with van der Waals surface area (Å²) >= 11 is 0. The van der Waals surface area contributed by atoms with Gasteiger partial charge in [-0.3, -0.25) is 0 Å². The molecule has 132 valence electrons. The highest BCUT2D eigenvalue weighted by atomic mass is 19.2. The molecule has 2 amide bonds. The van der Waals surface area contributed by atoms with Crippen molar-refractivity contribution in [2.24, 2.45) is 0 Å². The normalized spacial score (nSPS) is 17.7. The van der Waals surface area contributed by atoms with Crippen molar-refractivity contribution in [3.8, 4) is 5.88 Å². The maximum Gasteiger partial charge on any atom is 0.407 e. The van der Waals surface area contributed by atoms with Crippen LogP contribution in [0.15, 0.2) is 6.07 Å². The predicted octanol–water partition coefficient (Wildman–Crippen LogP) is 1.61. The molecule has 0 aromatic carbocycles. The van der Waals surface area contributed by atoms with Crippen molar-refractivity contribution in [2.75, 3.05) is 26.2 Å². The number of aromatic nitrogens is 1. The maximum atomic E-state index is 13.4. The van der Waals surface area contributed by atoms with E-state index in [-0.39, 0.29) is 38.7 Å². The number of carbonyl (C=O) groups is 2. The number of ether oxygens (including phenoxy) is 1. The Morgan fingerprint density at radius 2 is 1.92 bits per heavy atom. The molecule has 24 heavy (non-hydrogen) atoms. The van der Waals surface area contributed by atoms with E-state index >= 15 is 0 Å². The summed E-state index contributed by atoms with van der Waals surface area (Å²) in [5.74, 6) is -4.92. The number of nitrogens with zero attached hydrogens (tertiary/aromatic N) is 3.